The van der Waals surface area contributed by atoms with Crippen LogP contribution in [0.15, 0.2) is 78.9 Å². The van der Waals surface area contributed by atoms with Crippen molar-refractivity contribution >= 4 is 0 Å². The van der Waals surface area contributed by atoms with Crippen molar-refractivity contribution in [1.29, 1.82) is 0 Å². The Hall–Kier alpha value is -4.37. The number of aromatic nitrogens is 1. The summed E-state index contributed by atoms with van der Waals surface area (Å²) in [4.78, 5) is 5.56. The molecule has 5 atom stereocenters. The second kappa shape index (κ2) is 14.8. The lowest BCUT2D eigenvalue weighted by Gasteiger charge is -2.57. The Bertz CT molecular complexity index is 2580. The molecule has 328 valence electrons. The zero-order valence-corrected chi connectivity index (χ0v) is 39.5. The first kappa shape index (κ1) is 41.3. The van der Waals surface area contributed by atoms with Gasteiger partial charge >= 0.3 is 0 Å². The third kappa shape index (κ3) is 7.18. The highest BCUT2D eigenvalue weighted by molar-refractivity contribution is 5.90. The fraction of sp³-hybridized carbons (Fsp3) is 0.517. The van der Waals surface area contributed by atoms with Gasteiger partial charge in [0, 0.05) is 27.8 Å². The fourth-order valence-electron chi connectivity index (χ4n) is 15.1. The Morgan fingerprint density at radius 1 is 0.508 bits per heavy atom. The molecule has 0 radical (unpaired) electrons. The molecule has 7 aliphatic carbocycles. The van der Waals surface area contributed by atoms with E-state index in [9.17, 15) is 10.2 Å². The van der Waals surface area contributed by atoms with Gasteiger partial charge in [-0.05, 0) is 212 Å². The lowest BCUT2D eigenvalue weighted by molar-refractivity contribution is -0.00615. The van der Waals surface area contributed by atoms with Crippen LogP contribution in [0.5, 0.6) is 11.5 Å². The van der Waals surface area contributed by atoms with Crippen molar-refractivity contribution in [3.8, 4) is 56.3 Å². The molecule has 7 saturated carbocycles. The maximum absolute atomic E-state index is 12.7. The molecule has 3 nitrogen and oxygen atoms in total. The molecule has 0 spiro atoms. The highest BCUT2D eigenvalue weighted by atomic mass is 16.3. The quantitative estimate of drug-likeness (QED) is 0.179. The number of hydrogen-bond acceptors (Lipinski definition) is 3. The van der Waals surface area contributed by atoms with Crippen LogP contribution in [-0.4, -0.2) is 15.2 Å². The minimum atomic E-state index is -0.0742. The van der Waals surface area contributed by atoms with Crippen LogP contribution in [0, 0.1) is 55.3 Å². The first-order valence-electron chi connectivity index (χ1n) is 24.9. The van der Waals surface area contributed by atoms with Gasteiger partial charge in [-0.15, -0.1) is 0 Å². The average molecular weight is 838 g/mol. The summed E-state index contributed by atoms with van der Waals surface area (Å²) in [6, 6.07) is 29.2. The Balaban J connectivity index is 1.04. The van der Waals surface area contributed by atoms with Crippen LogP contribution in [0.3, 0.4) is 0 Å². The Kier molecular flexibility index (Phi) is 9.73. The molecule has 0 aliphatic heterocycles. The minimum absolute atomic E-state index is 0.0600. The zero-order valence-electron chi connectivity index (χ0n) is 39.5. The topological polar surface area (TPSA) is 53.4 Å². The molecule has 7 aliphatic rings. The Morgan fingerprint density at radius 2 is 1.03 bits per heavy atom. The molecule has 2 N–H and O–H groups in total. The average Bonchev–Trinajstić information content (AvgIpc) is 3.22. The predicted molar refractivity (Wildman–Crippen MR) is 260 cm³/mol. The summed E-state index contributed by atoms with van der Waals surface area (Å²) in [5, 5.41) is 25.4. The number of phenolic OH excluding ortho intramolecular Hbond substituents is 2. The molecule has 1 heterocycles. The van der Waals surface area contributed by atoms with Crippen molar-refractivity contribution in [3.05, 3.63) is 112 Å². The van der Waals surface area contributed by atoms with Crippen molar-refractivity contribution in [2.24, 2.45) is 41.4 Å². The summed E-state index contributed by atoms with van der Waals surface area (Å²) in [7, 11) is 0. The molecule has 0 saturated heterocycles. The second-order valence-corrected chi connectivity index (χ2v) is 24.4. The van der Waals surface area contributed by atoms with Crippen LogP contribution in [-0.2, 0) is 16.2 Å². The van der Waals surface area contributed by atoms with Gasteiger partial charge in [-0.1, -0.05) is 102 Å². The van der Waals surface area contributed by atoms with Gasteiger partial charge in [0.05, 0.1) is 11.4 Å². The van der Waals surface area contributed by atoms with Crippen LogP contribution in [0.1, 0.15) is 158 Å². The van der Waals surface area contributed by atoms with Crippen LogP contribution in [0.4, 0.5) is 0 Å². The number of aromatic hydroxyl groups is 2. The highest BCUT2D eigenvalue weighted by Gasteiger charge is 2.53. The van der Waals surface area contributed by atoms with E-state index in [1.165, 1.54) is 110 Å². The maximum atomic E-state index is 12.7. The lowest BCUT2D eigenvalue weighted by atomic mass is 9.47. The Morgan fingerprint density at radius 3 is 1.60 bits per heavy atom. The van der Waals surface area contributed by atoms with Gasteiger partial charge in [-0.2, -0.15) is 0 Å². The van der Waals surface area contributed by atoms with Gasteiger partial charge in [0.1, 0.15) is 11.5 Å². The van der Waals surface area contributed by atoms with Crippen molar-refractivity contribution in [3.63, 3.8) is 0 Å². The number of hydrogen-bond donors (Lipinski definition) is 2. The van der Waals surface area contributed by atoms with E-state index in [4.69, 9.17) is 4.98 Å². The molecule has 0 amide bonds. The molecule has 1 aromatic heterocycles. The van der Waals surface area contributed by atoms with Crippen LogP contribution >= 0.6 is 0 Å². The second-order valence-electron chi connectivity index (χ2n) is 24.4. The Labute approximate surface area is 378 Å². The molecule has 4 aromatic carbocycles. The smallest absolute Gasteiger partial charge is 0.127 e. The molecule has 5 unspecified atom stereocenters. The highest BCUT2D eigenvalue weighted by Crippen LogP contribution is 2.63. The maximum Gasteiger partial charge on any atom is 0.127 e. The number of rotatable bonds is 6. The summed E-state index contributed by atoms with van der Waals surface area (Å²) >= 11 is 0. The molecule has 7 bridgehead atoms. The molecule has 3 heteroatoms. The minimum Gasteiger partial charge on any atom is -0.507 e. The van der Waals surface area contributed by atoms with Gasteiger partial charge in [0.25, 0.3) is 0 Å². The number of aryl methyl sites for hydroxylation is 2. The first-order chi connectivity index (χ1) is 30.0. The summed E-state index contributed by atoms with van der Waals surface area (Å²) in [5.74, 6) is 6.90. The van der Waals surface area contributed by atoms with E-state index >= 15 is 0 Å². The van der Waals surface area contributed by atoms with Gasteiger partial charge in [-0.3, -0.25) is 0 Å². The van der Waals surface area contributed by atoms with E-state index in [0.717, 1.165) is 80.3 Å². The fourth-order valence-corrected chi connectivity index (χ4v) is 15.1. The summed E-state index contributed by atoms with van der Waals surface area (Å²) < 4.78 is 0. The number of fused-ring (bicyclic) bond motifs is 2. The molecule has 5 aromatic rings. The predicted octanol–water partition coefficient (Wildman–Crippen LogP) is 15.8. The van der Waals surface area contributed by atoms with Crippen molar-refractivity contribution in [2.45, 2.75) is 155 Å². The van der Waals surface area contributed by atoms with Gasteiger partial charge in [0.15, 0.2) is 0 Å². The van der Waals surface area contributed by atoms with Gasteiger partial charge in [-0.25, -0.2) is 4.98 Å². The van der Waals surface area contributed by atoms with Crippen molar-refractivity contribution < 1.29 is 10.2 Å². The molecule has 12 rings (SSSR count). The monoisotopic (exact) mass is 838 g/mol. The standard InChI is InChI=1S/C60H71NO2/c1-34-12-15-45(50-27-42(58(3,4)5)28-52(56(50)62)47-26-37-20-36-14-17-44(47)41(24-36)25-37)48(18-34)54-10-9-11-55(61-54)49-19-35(2)13-16-46(49)51-29-43(59(6,7)8)30-53(57(51)63)60-31-38-21-39(32-60)23-40(22-38)33-60/h9-13,15-16,18-19,27-30,36-41,44,47,62-63H,14,17,20-26,31-33H2,1-8H3. The molecular weight excluding hydrogens is 767 g/mol. The van der Waals surface area contributed by atoms with Crippen LogP contribution in [0.2, 0.25) is 0 Å². The summed E-state index contributed by atoms with van der Waals surface area (Å²) in [6.07, 6.45) is 15.8. The van der Waals surface area contributed by atoms with Crippen LogP contribution in [0.25, 0.3) is 44.8 Å². The SMILES string of the molecule is Cc1ccc(-c2cc(C(C)(C)C)cc(C3CC4CC5CCC3C(C5)C4)c2O)c(-c2cccc(-c3cc(C)ccc3-c3cc(C(C)(C)C)cc(C45CC6CC(CC(C6)C4)C5)c3O)n2)c1. The van der Waals surface area contributed by atoms with Gasteiger partial charge < -0.3 is 10.2 Å². The number of phenols is 2. The van der Waals surface area contributed by atoms with Crippen LogP contribution < -0.4 is 0 Å². The normalized spacial score (nSPS) is 29.7. The van der Waals surface area contributed by atoms with E-state index in [-0.39, 0.29) is 16.2 Å². The van der Waals surface area contributed by atoms with E-state index in [1.54, 1.807) is 0 Å². The van der Waals surface area contributed by atoms with E-state index in [2.05, 4.69) is 134 Å². The number of benzene rings is 4. The first-order valence-corrected chi connectivity index (χ1v) is 24.9. The number of nitrogens with zero attached hydrogens (tertiary/aromatic N) is 1. The van der Waals surface area contributed by atoms with Crippen molar-refractivity contribution in [2.75, 3.05) is 0 Å². The van der Waals surface area contributed by atoms with E-state index < -0.39 is 0 Å². The molecule has 63 heavy (non-hydrogen) atoms. The summed E-state index contributed by atoms with van der Waals surface area (Å²) in [5.41, 5.74) is 15.0. The zero-order chi connectivity index (χ0) is 43.7. The summed E-state index contributed by atoms with van der Waals surface area (Å²) in [6.45, 7) is 18.2. The third-order valence-corrected chi connectivity index (χ3v) is 17.8. The van der Waals surface area contributed by atoms with Crippen molar-refractivity contribution in [1.82, 2.24) is 4.98 Å². The largest absolute Gasteiger partial charge is 0.507 e. The lowest BCUT2D eigenvalue weighted by Crippen LogP contribution is -2.48. The van der Waals surface area contributed by atoms with E-state index in [1.807, 2.05) is 0 Å². The number of pyridine rings is 1. The molecule has 7 fully saturated rings. The van der Waals surface area contributed by atoms with Gasteiger partial charge in [0.2, 0.25) is 0 Å². The third-order valence-electron chi connectivity index (χ3n) is 17.8. The molecular formula is C60H71NO2. The van der Waals surface area contributed by atoms with E-state index in [0.29, 0.717) is 23.3 Å².